The van der Waals surface area contributed by atoms with Gasteiger partial charge < -0.3 is 9.05 Å². The third kappa shape index (κ3) is 5.63. The molecule has 0 heterocycles. The average molecular weight is 396 g/mol. The summed E-state index contributed by atoms with van der Waals surface area (Å²) in [5.74, 6) is 0. The molecule has 108 valence electrons. The van der Waals surface area contributed by atoms with Gasteiger partial charge in [-0.15, -0.1) is 0 Å². The second-order valence-electron chi connectivity index (χ2n) is 3.62. The van der Waals surface area contributed by atoms with Gasteiger partial charge in [0.15, 0.2) is 0 Å². The van der Waals surface area contributed by atoms with Crippen molar-refractivity contribution in [2.24, 2.45) is 0 Å². The summed E-state index contributed by atoms with van der Waals surface area (Å²) in [5, 5.41) is 0. The highest BCUT2D eigenvalue weighted by molar-refractivity contribution is 14.1. The molecule has 0 unspecified atom stereocenters. The molecule has 0 aromatic rings. The maximum absolute atomic E-state index is 13.9. The molecule has 0 radical (unpaired) electrons. The van der Waals surface area contributed by atoms with Crippen molar-refractivity contribution in [3.8, 4) is 0 Å². The first-order valence-corrected chi connectivity index (χ1v) is 8.59. The fourth-order valence-electron chi connectivity index (χ4n) is 1.23. The van der Waals surface area contributed by atoms with Crippen LogP contribution in [0.3, 0.4) is 0 Å². The SMILES string of the molecule is CCCC/C(I)=C/C(F)(F)P(=O)(OCC)OCC. The number of rotatable bonds is 9. The largest absolute Gasteiger partial charge is 0.403 e. The summed E-state index contributed by atoms with van der Waals surface area (Å²) in [6, 6.07) is 0. The Labute approximate surface area is 121 Å². The van der Waals surface area contributed by atoms with E-state index in [4.69, 9.17) is 0 Å². The Morgan fingerprint density at radius 1 is 1.28 bits per heavy atom. The van der Waals surface area contributed by atoms with Crippen molar-refractivity contribution in [1.82, 2.24) is 0 Å². The topological polar surface area (TPSA) is 35.5 Å². The summed E-state index contributed by atoms with van der Waals surface area (Å²) in [4.78, 5) is 0. The normalized spacial score (nSPS) is 14.0. The van der Waals surface area contributed by atoms with Crippen LogP contribution in [0.1, 0.15) is 40.0 Å². The zero-order valence-corrected chi connectivity index (χ0v) is 14.0. The summed E-state index contributed by atoms with van der Waals surface area (Å²) < 4.78 is 49.7. The van der Waals surface area contributed by atoms with E-state index in [1.165, 1.54) is 13.8 Å². The Hall–Kier alpha value is 0.480. The van der Waals surface area contributed by atoms with Gasteiger partial charge in [-0.2, -0.15) is 8.78 Å². The van der Waals surface area contributed by atoms with Gasteiger partial charge in [0, 0.05) is 6.08 Å². The van der Waals surface area contributed by atoms with Crippen molar-refractivity contribution in [2.75, 3.05) is 13.2 Å². The summed E-state index contributed by atoms with van der Waals surface area (Å²) >= 11 is 1.84. The summed E-state index contributed by atoms with van der Waals surface area (Å²) in [6.07, 6.45) is 2.99. The van der Waals surface area contributed by atoms with Gasteiger partial charge in [-0.05, 0) is 52.9 Å². The van der Waals surface area contributed by atoms with Crippen LogP contribution in [-0.2, 0) is 13.6 Å². The maximum Gasteiger partial charge on any atom is 0.403 e. The minimum absolute atomic E-state index is 0.0771. The molecule has 0 aliphatic carbocycles. The highest BCUT2D eigenvalue weighted by atomic mass is 127. The minimum Gasteiger partial charge on any atom is -0.304 e. The molecule has 0 aliphatic rings. The first kappa shape index (κ1) is 18.5. The lowest BCUT2D eigenvalue weighted by atomic mass is 10.2. The summed E-state index contributed by atoms with van der Waals surface area (Å²) in [7, 11) is -4.42. The fraction of sp³-hybridized carbons (Fsp3) is 0.818. The number of halogens is 3. The van der Waals surface area contributed by atoms with Crippen LogP contribution in [0.5, 0.6) is 0 Å². The van der Waals surface area contributed by atoms with E-state index >= 15 is 0 Å². The lowest BCUT2D eigenvalue weighted by Crippen LogP contribution is -2.18. The molecule has 0 aromatic carbocycles. The molecule has 0 atom stereocenters. The van der Waals surface area contributed by atoms with E-state index < -0.39 is 13.3 Å². The summed E-state index contributed by atoms with van der Waals surface area (Å²) in [5.41, 5.74) is -3.58. The first-order chi connectivity index (χ1) is 8.33. The van der Waals surface area contributed by atoms with Crippen LogP contribution in [-0.4, -0.2) is 18.9 Å². The van der Waals surface area contributed by atoms with E-state index in [9.17, 15) is 13.3 Å². The number of hydrogen-bond donors (Lipinski definition) is 0. The van der Waals surface area contributed by atoms with E-state index in [0.29, 0.717) is 16.1 Å². The van der Waals surface area contributed by atoms with Gasteiger partial charge in [-0.1, -0.05) is 13.3 Å². The van der Waals surface area contributed by atoms with Crippen molar-refractivity contribution in [1.29, 1.82) is 0 Å². The predicted octanol–water partition coefficient (Wildman–Crippen LogP) is 5.35. The molecule has 0 fully saturated rings. The highest BCUT2D eigenvalue weighted by Crippen LogP contribution is 2.62. The van der Waals surface area contributed by atoms with Crippen LogP contribution < -0.4 is 0 Å². The van der Waals surface area contributed by atoms with Crippen LogP contribution in [0, 0.1) is 0 Å². The van der Waals surface area contributed by atoms with Gasteiger partial charge in [-0.25, -0.2) is 0 Å². The van der Waals surface area contributed by atoms with Crippen LogP contribution in [0.15, 0.2) is 9.66 Å². The number of alkyl halides is 2. The Kier molecular flexibility index (Phi) is 8.84. The average Bonchev–Trinajstić information content (AvgIpc) is 2.26. The first-order valence-electron chi connectivity index (χ1n) is 5.97. The van der Waals surface area contributed by atoms with Gasteiger partial charge in [-0.3, -0.25) is 4.57 Å². The van der Waals surface area contributed by atoms with E-state index in [1.807, 2.05) is 29.5 Å². The smallest absolute Gasteiger partial charge is 0.304 e. The molecule has 18 heavy (non-hydrogen) atoms. The quantitative estimate of drug-likeness (QED) is 0.389. The van der Waals surface area contributed by atoms with Gasteiger partial charge in [0.1, 0.15) is 0 Å². The Morgan fingerprint density at radius 3 is 2.17 bits per heavy atom. The van der Waals surface area contributed by atoms with Crippen molar-refractivity contribution in [3.63, 3.8) is 0 Å². The molecular formula is C11H20F2IO3P. The van der Waals surface area contributed by atoms with E-state index in [-0.39, 0.29) is 13.2 Å². The second kappa shape index (κ2) is 8.61. The molecule has 3 nitrogen and oxygen atoms in total. The molecule has 0 aromatic heterocycles. The van der Waals surface area contributed by atoms with E-state index in [1.54, 1.807) is 0 Å². The third-order valence-electron chi connectivity index (χ3n) is 2.06. The van der Waals surface area contributed by atoms with Crippen molar-refractivity contribution in [3.05, 3.63) is 9.66 Å². The fourth-order valence-corrected chi connectivity index (χ4v) is 3.67. The van der Waals surface area contributed by atoms with Crippen LogP contribution >= 0.6 is 30.2 Å². The molecule has 0 rings (SSSR count). The molecule has 0 spiro atoms. The zero-order chi connectivity index (χ0) is 14.2. The Bertz CT molecular complexity index is 311. The van der Waals surface area contributed by atoms with Crippen LogP contribution in [0.25, 0.3) is 0 Å². The predicted molar refractivity (Wildman–Crippen MR) is 77.4 cm³/mol. The molecule has 0 N–H and O–H groups in total. The number of unbranched alkanes of at least 4 members (excludes halogenated alkanes) is 1. The van der Waals surface area contributed by atoms with Crippen molar-refractivity contribution in [2.45, 2.75) is 45.7 Å². The van der Waals surface area contributed by atoms with Crippen LogP contribution in [0.4, 0.5) is 8.78 Å². The zero-order valence-electron chi connectivity index (χ0n) is 10.9. The maximum atomic E-state index is 13.9. The highest BCUT2D eigenvalue weighted by Gasteiger charge is 2.51. The number of hydrogen-bond acceptors (Lipinski definition) is 3. The summed E-state index contributed by atoms with van der Waals surface area (Å²) in [6.45, 7) is 4.84. The Balaban J connectivity index is 4.99. The Morgan fingerprint density at radius 2 is 1.78 bits per heavy atom. The molecule has 0 aliphatic heterocycles. The molecule has 0 saturated heterocycles. The molecule has 0 bridgehead atoms. The molecule has 0 saturated carbocycles. The van der Waals surface area contributed by atoms with Crippen LogP contribution in [0.2, 0.25) is 0 Å². The number of allylic oxidation sites excluding steroid dienone is 2. The lowest BCUT2D eigenvalue weighted by molar-refractivity contribution is 0.0790. The van der Waals surface area contributed by atoms with Gasteiger partial charge >= 0.3 is 13.3 Å². The van der Waals surface area contributed by atoms with Gasteiger partial charge in [0.2, 0.25) is 0 Å². The minimum atomic E-state index is -4.42. The van der Waals surface area contributed by atoms with Gasteiger partial charge in [0.05, 0.1) is 13.2 Å². The van der Waals surface area contributed by atoms with Gasteiger partial charge in [0.25, 0.3) is 0 Å². The third-order valence-corrected chi connectivity index (χ3v) is 4.97. The molecular weight excluding hydrogens is 376 g/mol. The van der Waals surface area contributed by atoms with E-state index in [2.05, 4.69) is 9.05 Å². The standard InChI is InChI=1S/C11H20F2IO3P/c1-4-7-8-10(14)9-11(12,13)18(15,16-5-2)17-6-3/h9H,4-8H2,1-3H3/b10-9-. The monoisotopic (exact) mass is 396 g/mol. The molecule has 0 amide bonds. The van der Waals surface area contributed by atoms with Crippen molar-refractivity contribution >= 4 is 30.2 Å². The van der Waals surface area contributed by atoms with Crippen molar-refractivity contribution < 1.29 is 22.4 Å². The second-order valence-corrected chi connectivity index (χ2v) is 7.11. The molecule has 7 heteroatoms. The lowest BCUT2D eigenvalue weighted by Gasteiger charge is -2.23. The van der Waals surface area contributed by atoms with E-state index in [0.717, 1.165) is 12.8 Å².